The quantitative estimate of drug-likeness (QED) is 0.162. The average Bonchev–Trinajstić information content (AvgIpc) is 0.754. The van der Waals surface area contributed by atoms with Crippen LogP contribution in [0.5, 0.6) is 5.75 Å². The third-order valence-corrected chi connectivity index (χ3v) is 12.1. The zero-order valence-corrected chi connectivity index (χ0v) is 40.4. The fourth-order valence-corrected chi connectivity index (χ4v) is 8.54. The first-order valence-corrected chi connectivity index (χ1v) is 21.9. The SMILES string of the molecule is [2H]C([2H])([2H])c1cc(-c2ccccc2)ccc1-n1c(-c2cc(C(C([2H])([2H])[2H])(C([2H])([2H])[2H])C([2H])([2H])[2H])cc(C(C([2H])([2H])[2H])(C([2H])([2H])[2H])C([2H])([2H])[2H])c2O)nc2c(-c3[c-]c(-c4cc(-c5cc(-c6ccccc6)ccc5C(C([2H])([2H])[2H])(C([2H])([2H])[2H])C([2H])([2H])[2H])ccn4)cc(C(C)(C)C)c3)cccc21.[Pt]. The summed E-state index contributed by atoms with van der Waals surface area (Å²) in [5.41, 5.74) is -15.6. The number of aromatic nitrogens is 3. The Morgan fingerprint density at radius 3 is 1.80 bits per heavy atom. The summed E-state index contributed by atoms with van der Waals surface area (Å²) < 4.78 is 265. The van der Waals surface area contributed by atoms with E-state index in [9.17, 15) is 5.11 Å². The van der Waals surface area contributed by atoms with Gasteiger partial charge in [0, 0.05) is 79.6 Å². The number of hydrogen-bond donors (Lipinski definition) is 1. The van der Waals surface area contributed by atoms with Gasteiger partial charge in [0.15, 0.2) is 0 Å². The van der Waals surface area contributed by atoms with Gasteiger partial charge in [-0.15, -0.1) is 29.3 Å². The number of aryl methyl sites for hydroxylation is 1. The summed E-state index contributed by atoms with van der Waals surface area (Å²) in [6.07, 6.45) is 1.33. The first-order valence-electron chi connectivity index (χ1n) is 36.9. The molecule has 0 amide bonds. The molecule has 0 aliphatic carbocycles. The minimum atomic E-state index is -4.32. The Bertz CT molecular complexity index is 4410. The number of phenols is 1. The van der Waals surface area contributed by atoms with E-state index in [0.29, 0.717) is 33.9 Å². The molecule has 0 atom stereocenters. The molecule has 2 aromatic heterocycles. The number of phenolic OH excluding ortho intramolecular Hbond substituents is 1. The summed E-state index contributed by atoms with van der Waals surface area (Å²) in [4.78, 5) is 9.69. The average molecular weight is 1130 g/mol. The predicted molar refractivity (Wildman–Crippen MR) is 292 cm³/mol. The molecule has 0 aliphatic heterocycles. The molecular formula is C65H66N3OPt-. The van der Waals surface area contributed by atoms with E-state index in [1.807, 2.05) is 20.8 Å². The first-order chi connectivity index (χ1) is 45.0. The summed E-state index contributed by atoms with van der Waals surface area (Å²) >= 11 is 0. The molecule has 4 nitrogen and oxygen atoms in total. The van der Waals surface area contributed by atoms with Gasteiger partial charge in [-0.3, -0.25) is 9.55 Å². The minimum Gasteiger partial charge on any atom is -0.507 e. The van der Waals surface area contributed by atoms with E-state index in [4.69, 9.17) is 51.1 Å². The van der Waals surface area contributed by atoms with Gasteiger partial charge in [0.05, 0.1) is 22.3 Å². The number of para-hydroxylation sites is 1. The summed E-state index contributed by atoms with van der Waals surface area (Å²) in [6.45, 7) is -34.1. The van der Waals surface area contributed by atoms with Crippen LogP contribution in [0.15, 0.2) is 158 Å². The molecule has 0 spiro atoms. The van der Waals surface area contributed by atoms with Gasteiger partial charge in [-0.25, -0.2) is 4.98 Å². The van der Waals surface area contributed by atoms with Crippen molar-refractivity contribution in [2.75, 3.05) is 0 Å². The van der Waals surface area contributed by atoms with Crippen LogP contribution in [-0.2, 0) is 42.7 Å². The predicted octanol–water partition coefficient (Wildman–Crippen LogP) is 17.4. The van der Waals surface area contributed by atoms with Gasteiger partial charge in [-0.1, -0.05) is 197 Å². The van der Waals surface area contributed by atoms with E-state index in [-0.39, 0.29) is 77.4 Å². The molecule has 0 bridgehead atoms. The monoisotopic (exact) mass is 1130 g/mol. The van der Waals surface area contributed by atoms with Crippen molar-refractivity contribution in [2.45, 2.75) is 111 Å². The second-order valence-corrected chi connectivity index (χ2v) is 18.2. The van der Waals surface area contributed by atoms with Crippen LogP contribution in [0, 0.1) is 12.9 Å². The first kappa shape index (κ1) is 24.7. The molecule has 0 saturated carbocycles. The van der Waals surface area contributed by atoms with E-state index >= 15 is 0 Å². The number of rotatable bonds is 7. The number of aromatic hydroxyl groups is 1. The number of hydrogen-bond acceptors (Lipinski definition) is 3. The van der Waals surface area contributed by atoms with Crippen molar-refractivity contribution in [1.29, 1.82) is 0 Å². The van der Waals surface area contributed by atoms with Crippen molar-refractivity contribution in [3.8, 4) is 78.6 Å². The van der Waals surface area contributed by atoms with Crippen molar-refractivity contribution in [3.63, 3.8) is 0 Å². The second kappa shape index (κ2) is 18.8. The van der Waals surface area contributed by atoms with E-state index < -0.39 is 130 Å². The molecule has 0 saturated heterocycles. The summed E-state index contributed by atoms with van der Waals surface area (Å²) in [7, 11) is 0. The number of fused-ring (bicyclic) bond motifs is 1. The van der Waals surface area contributed by atoms with Crippen LogP contribution in [-0.4, -0.2) is 19.6 Å². The van der Waals surface area contributed by atoms with Crippen LogP contribution in [0.25, 0.3) is 83.9 Å². The molecule has 0 radical (unpaired) electrons. The summed E-state index contributed by atoms with van der Waals surface area (Å²) in [5.74, 6) is -2.37. The van der Waals surface area contributed by atoms with Crippen molar-refractivity contribution >= 4 is 11.0 Å². The summed E-state index contributed by atoms with van der Waals surface area (Å²) in [6, 6.07) is 40.1. The number of imidazole rings is 1. The van der Waals surface area contributed by atoms with Crippen LogP contribution in [0.4, 0.5) is 0 Å². The van der Waals surface area contributed by atoms with Gasteiger partial charge >= 0.3 is 0 Å². The number of nitrogens with zero attached hydrogens (tertiary/aromatic N) is 3. The van der Waals surface area contributed by atoms with Gasteiger partial charge in [0.2, 0.25) is 0 Å². The van der Waals surface area contributed by atoms with Crippen LogP contribution < -0.4 is 0 Å². The molecule has 5 heteroatoms. The Hall–Kier alpha value is -6.35. The van der Waals surface area contributed by atoms with Crippen LogP contribution in [0.2, 0.25) is 0 Å². The molecule has 358 valence electrons. The molecule has 2 heterocycles. The standard InChI is InChI=1S/C65H66N3O.Pt/c1-41-33-44(42-21-16-14-17-22-42)28-30-57(41)68-58-26-20-25-51(59(58)67-61(68)53-39-50(63(5,6)7)40-55(60(53)69)65(11,12)13)47-34-48(36-49(35-47)62(2,3)4)56-38-46(31-32-66-56)52-37-45(43-23-18-15-19-24-43)27-29-54(52)64(8,9)10;/h14-33,35-40,69H,1-13H3;/q-1;/i1D3,5D3,6D3,7D3,8D3,9D3,10D3,11D3,12D3,13D3;. The van der Waals surface area contributed by atoms with Crippen molar-refractivity contribution < 1.29 is 67.3 Å². The fourth-order valence-electron chi connectivity index (χ4n) is 8.54. The molecule has 1 N–H and O–H groups in total. The molecule has 70 heavy (non-hydrogen) atoms. The van der Waals surface area contributed by atoms with Crippen LogP contribution >= 0.6 is 0 Å². The van der Waals surface area contributed by atoms with Crippen LogP contribution in [0.3, 0.4) is 0 Å². The number of pyridine rings is 1. The Morgan fingerprint density at radius 1 is 0.514 bits per heavy atom. The van der Waals surface area contributed by atoms with Crippen molar-refractivity contribution in [3.05, 3.63) is 192 Å². The van der Waals surface area contributed by atoms with E-state index in [2.05, 4.69) is 6.07 Å². The second-order valence-electron chi connectivity index (χ2n) is 18.2. The van der Waals surface area contributed by atoms with E-state index in [0.717, 1.165) is 4.57 Å². The fraction of sp³-hybridized carbons (Fsp3) is 0.262. The Labute approximate surface area is 473 Å². The van der Waals surface area contributed by atoms with Gasteiger partial charge in [0.25, 0.3) is 0 Å². The van der Waals surface area contributed by atoms with E-state index in [1.54, 1.807) is 72.8 Å². The minimum absolute atomic E-state index is 0. The molecule has 9 aromatic rings. The molecule has 9 rings (SSSR count). The Kier molecular flexibility index (Phi) is 6.61. The zero-order valence-electron chi connectivity index (χ0n) is 68.1. The van der Waals surface area contributed by atoms with Crippen molar-refractivity contribution in [1.82, 2.24) is 14.5 Å². The molecule has 7 aromatic carbocycles. The maximum Gasteiger partial charge on any atom is 0.148 e. The third kappa shape index (κ3) is 9.86. The topological polar surface area (TPSA) is 50.9 Å². The summed E-state index contributed by atoms with van der Waals surface area (Å²) in [5, 5.41) is 13.1. The Balaban J connectivity index is 0.0000127. The zero-order chi connectivity index (χ0) is 74.2. The number of benzene rings is 7. The Morgan fingerprint density at radius 2 is 1.14 bits per heavy atom. The normalized spacial score (nSPS) is 20.4. The van der Waals surface area contributed by atoms with Gasteiger partial charge < -0.3 is 5.11 Å². The molecule has 0 unspecified atom stereocenters. The van der Waals surface area contributed by atoms with Crippen molar-refractivity contribution in [2.24, 2.45) is 0 Å². The molecule has 0 aliphatic rings. The molecular weight excluding hydrogens is 1030 g/mol. The largest absolute Gasteiger partial charge is 0.507 e. The third-order valence-electron chi connectivity index (χ3n) is 12.1. The maximum absolute atomic E-state index is 13.1. The molecule has 0 fully saturated rings. The van der Waals surface area contributed by atoms with Gasteiger partial charge in [-0.2, -0.15) is 0 Å². The maximum atomic E-state index is 13.1. The smallest absolute Gasteiger partial charge is 0.148 e. The van der Waals surface area contributed by atoms with Gasteiger partial charge in [-0.05, 0) is 115 Å². The van der Waals surface area contributed by atoms with Crippen LogP contribution in [0.1, 0.15) is 151 Å². The van der Waals surface area contributed by atoms with E-state index in [1.165, 1.54) is 72.9 Å². The van der Waals surface area contributed by atoms with Gasteiger partial charge in [0.1, 0.15) is 11.6 Å².